The van der Waals surface area contributed by atoms with Gasteiger partial charge in [0.2, 0.25) is 0 Å². The lowest BCUT2D eigenvalue weighted by Crippen LogP contribution is -2.32. The quantitative estimate of drug-likeness (QED) is 0.676. The smallest absolute Gasteiger partial charge is 0.253 e. The summed E-state index contributed by atoms with van der Waals surface area (Å²) in [5.74, 6) is 0.559. The van der Waals surface area contributed by atoms with Crippen LogP contribution in [0.2, 0.25) is 0 Å². The van der Waals surface area contributed by atoms with E-state index in [0.29, 0.717) is 17.9 Å². The van der Waals surface area contributed by atoms with Crippen molar-refractivity contribution in [1.82, 2.24) is 10.3 Å². The van der Waals surface area contributed by atoms with Gasteiger partial charge in [-0.15, -0.1) is 0 Å². The summed E-state index contributed by atoms with van der Waals surface area (Å²) >= 11 is 0. The largest absolute Gasteiger partial charge is 0.495 e. The van der Waals surface area contributed by atoms with Crippen molar-refractivity contribution in [1.29, 1.82) is 0 Å². The number of aromatic nitrogens is 1. The first kappa shape index (κ1) is 8.04. The minimum atomic E-state index is -0.0624. The van der Waals surface area contributed by atoms with Gasteiger partial charge in [-0.2, -0.15) is 0 Å². The number of rotatable bonds is 1. The number of amides is 1. The maximum absolute atomic E-state index is 11.3. The van der Waals surface area contributed by atoms with Crippen molar-refractivity contribution in [3.05, 3.63) is 23.5 Å². The minimum Gasteiger partial charge on any atom is -0.495 e. The fourth-order valence-corrected chi connectivity index (χ4v) is 1.37. The minimum absolute atomic E-state index is 0.0624. The van der Waals surface area contributed by atoms with Crippen molar-refractivity contribution in [2.24, 2.45) is 0 Å². The molecule has 0 bridgehead atoms. The number of hydrogen-bond donors (Lipinski definition) is 1. The first-order valence-electron chi connectivity index (χ1n) is 4.12. The Bertz CT molecular complexity index is 349. The molecular formula is C9H10N2O2. The highest BCUT2D eigenvalue weighted by Crippen LogP contribution is 2.17. The molecule has 0 aromatic carbocycles. The maximum Gasteiger partial charge on any atom is 0.253 e. The van der Waals surface area contributed by atoms with Crippen molar-refractivity contribution < 1.29 is 9.53 Å². The van der Waals surface area contributed by atoms with Crippen LogP contribution >= 0.6 is 0 Å². The molecule has 1 aliphatic rings. The Morgan fingerprint density at radius 3 is 3.23 bits per heavy atom. The summed E-state index contributed by atoms with van der Waals surface area (Å²) in [7, 11) is 1.56. The fourth-order valence-electron chi connectivity index (χ4n) is 1.37. The van der Waals surface area contributed by atoms with E-state index in [2.05, 4.69) is 10.3 Å². The van der Waals surface area contributed by atoms with Gasteiger partial charge in [0, 0.05) is 13.0 Å². The lowest BCUT2D eigenvalue weighted by Gasteiger charge is -2.15. The van der Waals surface area contributed by atoms with Crippen molar-refractivity contribution in [2.45, 2.75) is 6.42 Å². The fraction of sp³-hybridized carbons (Fsp3) is 0.333. The topological polar surface area (TPSA) is 51.2 Å². The third-order valence-corrected chi connectivity index (χ3v) is 2.07. The van der Waals surface area contributed by atoms with Crippen LogP contribution < -0.4 is 10.1 Å². The Morgan fingerprint density at radius 2 is 2.46 bits per heavy atom. The van der Waals surface area contributed by atoms with Gasteiger partial charge in [0.05, 0.1) is 24.6 Å². The zero-order chi connectivity index (χ0) is 9.26. The van der Waals surface area contributed by atoms with Crippen LogP contribution in [0.1, 0.15) is 16.1 Å². The van der Waals surface area contributed by atoms with Gasteiger partial charge in [-0.25, -0.2) is 0 Å². The van der Waals surface area contributed by atoms with Crippen LogP contribution in [0.4, 0.5) is 0 Å². The van der Waals surface area contributed by atoms with Gasteiger partial charge < -0.3 is 10.1 Å². The normalized spacial score (nSPS) is 14.7. The average Bonchev–Trinajstić information content (AvgIpc) is 2.18. The van der Waals surface area contributed by atoms with Crippen LogP contribution in [0.15, 0.2) is 12.3 Å². The number of nitrogens with one attached hydrogen (secondary N) is 1. The molecule has 0 saturated carbocycles. The molecular weight excluding hydrogens is 168 g/mol. The average molecular weight is 178 g/mol. The Hall–Kier alpha value is -1.58. The van der Waals surface area contributed by atoms with E-state index in [1.807, 2.05) is 0 Å². The third kappa shape index (κ3) is 1.35. The summed E-state index contributed by atoms with van der Waals surface area (Å²) in [6.45, 7) is 0.672. The molecule has 13 heavy (non-hydrogen) atoms. The molecule has 2 heterocycles. The Balaban J connectivity index is 2.47. The van der Waals surface area contributed by atoms with Gasteiger partial charge in [0.25, 0.3) is 5.91 Å². The number of carbonyl (C=O) groups is 1. The number of nitrogens with zero attached hydrogens (tertiary/aromatic N) is 1. The molecule has 0 aliphatic carbocycles. The predicted octanol–water partition coefficient (Wildman–Crippen LogP) is 0.376. The van der Waals surface area contributed by atoms with Gasteiger partial charge >= 0.3 is 0 Å². The standard InChI is InChI=1S/C9H10N2O2/c1-13-6-4-7-8(11-5-6)2-3-10-9(7)12/h4-5H,2-3H2,1H3,(H,10,12). The van der Waals surface area contributed by atoms with E-state index in [1.165, 1.54) is 0 Å². The summed E-state index contributed by atoms with van der Waals surface area (Å²) in [6, 6.07) is 1.72. The second kappa shape index (κ2) is 3.05. The summed E-state index contributed by atoms with van der Waals surface area (Å²) < 4.78 is 4.99. The van der Waals surface area contributed by atoms with E-state index in [9.17, 15) is 4.79 Å². The molecule has 4 heteroatoms. The van der Waals surface area contributed by atoms with Gasteiger partial charge in [-0.1, -0.05) is 0 Å². The second-order valence-corrected chi connectivity index (χ2v) is 2.88. The van der Waals surface area contributed by atoms with E-state index >= 15 is 0 Å². The van der Waals surface area contributed by atoms with Crippen molar-refractivity contribution in [3.63, 3.8) is 0 Å². The highest BCUT2D eigenvalue weighted by atomic mass is 16.5. The second-order valence-electron chi connectivity index (χ2n) is 2.88. The molecule has 0 spiro atoms. The Morgan fingerprint density at radius 1 is 1.62 bits per heavy atom. The predicted molar refractivity (Wildman–Crippen MR) is 46.8 cm³/mol. The molecule has 68 valence electrons. The number of pyridine rings is 1. The molecule has 1 amide bonds. The van der Waals surface area contributed by atoms with Crippen molar-refractivity contribution in [2.75, 3.05) is 13.7 Å². The zero-order valence-corrected chi connectivity index (χ0v) is 7.33. The van der Waals surface area contributed by atoms with Crippen molar-refractivity contribution >= 4 is 5.91 Å². The summed E-state index contributed by atoms with van der Waals surface area (Å²) in [6.07, 6.45) is 2.43. The van der Waals surface area contributed by atoms with Gasteiger partial charge in [0.1, 0.15) is 5.75 Å². The molecule has 2 rings (SSSR count). The molecule has 0 radical (unpaired) electrons. The molecule has 1 aromatic heterocycles. The van der Waals surface area contributed by atoms with Gasteiger partial charge in [0.15, 0.2) is 0 Å². The summed E-state index contributed by atoms with van der Waals surface area (Å²) in [5.41, 5.74) is 1.48. The monoisotopic (exact) mass is 178 g/mol. The summed E-state index contributed by atoms with van der Waals surface area (Å²) in [5, 5.41) is 2.76. The molecule has 0 unspecified atom stereocenters. The van der Waals surface area contributed by atoms with E-state index in [4.69, 9.17) is 4.74 Å². The van der Waals surface area contributed by atoms with E-state index < -0.39 is 0 Å². The third-order valence-electron chi connectivity index (χ3n) is 2.07. The Labute approximate surface area is 75.9 Å². The highest BCUT2D eigenvalue weighted by molar-refractivity contribution is 5.96. The molecule has 1 aromatic rings. The number of hydrogen-bond acceptors (Lipinski definition) is 3. The lowest BCUT2D eigenvalue weighted by molar-refractivity contribution is 0.0944. The molecule has 1 aliphatic heterocycles. The number of methoxy groups -OCH3 is 1. The van der Waals surface area contributed by atoms with Gasteiger partial charge in [-0.05, 0) is 6.07 Å². The van der Waals surface area contributed by atoms with Crippen LogP contribution in [0.5, 0.6) is 5.75 Å². The van der Waals surface area contributed by atoms with Gasteiger partial charge in [-0.3, -0.25) is 9.78 Å². The molecule has 0 saturated heterocycles. The van der Waals surface area contributed by atoms with Crippen molar-refractivity contribution in [3.8, 4) is 5.75 Å². The molecule has 1 N–H and O–H groups in total. The lowest BCUT2D eigenvalue weighted by atomic mass is 10.1. The maximum atomic E-state index is 11.3. The molecule has 4 nitrogen and oxygen atoms in total. The van der Waals surface area contributed by atoms with Crippen LogP contribution in [-0.2, 0) is 6.42 Å². The number of carbonyl (C=O) groups excluding carboxylic acids is 1. The number of fused-ring (bicyclic) bond motifs is 1. The first-order chi connectivity index (χ1) is 6.31. The summed E-state index contributed by atoms with van der Waals surface area (Å²) in [4.78, 5) is 15.5. The van der Waals surface area contributed by atoms with Crippen LogP contribution in [-0.4, -0.2) is 24.5 Å². The highest BCUT2D eigenvalue weighted by Gasteiger charge is 2.17. The molecule has 0 fully saturated rings. The Kier molecular flexibility index (Phi) is 1.88. The number of ether oxygens (including phenoxy) is 1. The van der Waals surface area contributed by atoms with Crippen LogP contribution in [0.3, 0.4) is 0 Å². The molecule has 0 atom stereocenters. The van der Waals surface area contributed by atoms with Crippen LogP contribution in [0, 0.1) is 0 Å². The SMILES string of the molecule is COc1cnc2c(c1)C(=O)NCC2. The van der Waals surface area contributed by atoms with E-state index in [-0.39, 0.29) is 5.91 Å². The van der Waals surface area contributed by atoms with E-state index in [1.54, 1.807) is 19.4 Å². The zero-order valence-electron chi connectivity index (χ0n) is 7.33. The van der Waals surface area contributed by atoms with Crippen LogP contribution in [0.25, 0.3) is 0 Å². The first-order valence-corrected chi connectivity index (χ1v) is 4.12. The van der Waals surface area contributed by atoms with E-state index in [0.717, 1.165) is 12.1 Å².